The van der Waals surface area contributed by atoms with Crippen molar-refractivity contribution in [3.63, 3.8) is 0 Å². The maximum atomic E-state index is 8.64. The number of anilines is 1. The van der Waals surface area contributed by atoms with E-state index in [-0.39, 0.29) is 6.61 Å². The molecule has 0 saturated heterocycles. The molecule has 5 nitrogen and oxygen atoms in total. The zero-order valence-electron chi connectivity index (χ0n) is 8.67. The van der Waals surface area contributed by atoms with E-state index < -0.39 is 0 Å². The van der Waals surface area contributed by atoms with Crippen LogP contribution in [0.4, 0.5) is 5.82 Å². The second-order valence-electron chi connectivity index (χ2n) is 3.17. The molecule has 16 heavy (non-hydrogen) atoms. The molecule has 2 aromatic heterocycles. The first-order valence-corrected chi connectivity index (χ1v) is 5.00. The quantitative estimate of drug-likeness (QED) is 0.796. The molecule has 0 aliphatic rings. The van der Waals surface area contributed by atoms with Crippen LogP contribution in [0.3, 0.4) is 0 Å². The number of aliphatic hydroxyl groups is 1. The molecule has 82 valence electrons. The number of pyridine rings is 1. The van der Waals surface area contributed by atoms with Crippen molar-refractivity contribution in [2.24, 2.45) is 0 Å². The lowest BCUT2D eigenvalue weighted by molar-refractivity contribution is 0.311. The first kappa shape index (κ1) is 10.5. The summed E-state index contributed by atoms with van der Waals surface area (Å²) in [6.07, 6.45) is 1.72. The van der Waals surface area contributed by atoms with E-state index in [1.54, 1.807) is 6.20 Å². The number of rotatable bonds is 4. The smallest absolute Gasteiger partial charge is 0.148 e. The molecule has 0 aromatic carbocycles. The lowest BCUT2D eigenvalue weighted by atomic mass is 10.2. The highest BCUT2D eigenvalue weighted by atomic mass is 16.3. The van der Waals surface area contributed by atoms with Crippen LogP contribution >= 0.6 is 0 Å². The van der Waals surface area contributed by atoms with E-state index in [0.717, 1.165) is 11.4 Å². The topological polar surface area (TPSA) is 70.9 Å². The number of nitrogens with zero attached hydrogens (tertiary/aromatic N) is 3. The van der Waals surface area contributed by atoms with Crippen molar-refractivity contribution in [3.05, 3.63) is 36.5 Å². The Morgan fingerprint density at radius 1 is 1.06 bits per heavy atom. The Balaban J connectivity index is 2.13. The van der Waals surface area contributed by atoms with Crippen molar-refractivity contribution in [1.29, 1.82) is 0 Å². The summed E-state index contributed by atoms with van der Waals surface area (Å²) < 4.78 is 0. The molecule has 2 heterocycles. The van der Waals surface area contributed by atoms with Crippen LogP contribution in [0.1, 0.15) is 0 Å². The standard InChI is InChI=1S/C11H12N4O/c16-8-7-13-11-5-4-10(14-15-11)9-3-1-2-6-12-9/h1-6,16H,7-8H2,(H,13,15). The second-order valence-corrected chi connectivity index (χ2v) is 3.17. The van der Waals surface area contributed by atoms with E-state index in [9.17, 15) is 0 Å². The molecule has 0 saturated carbocycles. The van der Waals surface area contributed by atoms with Crippen LogP contribution in [0.5, 0.6) is 0 Å². The van der Waals surface area contributed by atoms with Gasteiger partial charge in [0.1, 0.15) is 11.5 Å². The van der Waals surface area contributed by atoms with E-state index in [1.807, 2.05) is 30.3 Å². The number of aliphatic hydroxyl groups excluding tert-OH is 1. The molecule has 0 fully saturated rings. The summed E-state index contributed by atoms with van der Waals surface area (Å²) in [6, 6.07) is 9.29. The van der Waals surface area contributed by atoms with Crippen LogP contribution < -0.4 is 5.32 Å². The predicted molar refractivity (Wildman–Crippen MR) is 60.8 cm³/mol. The molecule has 0 aliphatic heterocycles. The van der Waals surface area contributed by atoms with Gasteiger partial charge in [0, 0.05) is 12.7 Å². The van der Waals surface area contributed by atoms with Gasteiger partial charge in [-0.2, -0.15) is 0 Å². The van der Waals surface area contributed by atoms with Crippen molar-refractivity contribution in [1.82, 2.24) is 15.2 Å². The van der Waals surface area contributed by atoms with Gasteiger partial charge in [-0.1, -0.05) is 6.07 Å². The fourth-order valence-electron chi connectivity index (χ4n) is 1.26. The van der Waals surface area contributed by atoms with E-state index in [4.69, 9.17) is 5.11 Å². The number of nitrogens with one attached hydrogen (secondary N) is 1. The zero-order valence-corrected chi connectivity index (χ0v) is 8.67. The fraction of sp³-hybridized carbons (Fsp3) is 0.182. The van der Waals surface area contributed by atoms with Crippen molar-refractivity contribution >= 4 is 5.82 Å². The number of hydrogen-bond donors (Lipinski definition) is 2. The molecule has 2 aromatic rings. The summed E-state index contributed by atoms with van der Waals surface area (Å²) in [5.74, 6) is 0.647. The summed E-state index contributed by atoms with van der Waals surface area (Å²) >= 11 is 0. The number of aromatic nitrogens is 3. The Hall–Kier alpha value is -2.01. The predicted octanol–water partition coefficient (Wildman–Crippen LogP) is 0.943. The molecule has 0 unspecified atom stereocenters. The average molecular weight is 216 g/mol. The van der Waals surface area contributed by atoms with E-state index >= 15 is 0 Å². The molecule has 0 bridgehead atoms. The van der Waals surface area contributed by atoms with Gasteiger partial charge in [-0.25, -0.2) is 0 Å². The first-order chi connectivity index (χ1) is 7.90. The van der Waals surface area contributed by atoms with Gasteiger partial charge in [0.2, 0.25) is 0 Å². The minimum atomic E-state index is 0.0731. The van der Waals surface area contributed by atoms with Gasteiger partial charge in [-0.3, -0.25) is 4.98 Å². The number of hydrogen-bond acceptors (Lipinski definition) is 5. The molecule has 0 atom stereocenters. The molecule has 0 amide bonds. The van der Waals surface area contributed by atoms with Crippen molar-refractivity contribution in [2.45, 2.75) is 0 Å². The van der Waals surface area contributed by atoms with E-state index in [2.05, 4.69) is 20.5 Å². The highest BCUT2D eigenvalue weighted by molar-refractivity contribution is 5.54. The fourth-order valence-corrected chi connectivity index (χ4v) is 1.26. The van der Waals surface area contributed by atoms with Crippen molar-refractivity contribution < 1.29 is 5.11 Å². The molecule has 5 heteroatoms. The van der Waals surface area contributed by atoms with Crippen molar-refractivity contribution in [2.75, 3.05) is 18.5 Å². The normalized spacial score (nSPS) is 10.1. The maximum Gasteiger partial charge on any atom is 0.148 e. The summed E-state index contributed by atoms with van der Waals surface area (Å²) in [5, 5.41) is 19.6. The third-order valence-electron chi connectivity index (χ3n) is 2.01. The van der Waals surface area contributed by atoms with Crippen molar-refractivity contribution in [3.8, 4) is 11.4 Å². The minimum absolute atomic E-state index is 0.0731. The highest BCUT2D eigenvalue weighted by Gasteiger charge is 2.00. The van der Waals surface area contributed by atoms with Crippen LogP contribution in [-0.2, 0) is 0 Å². The van der Waals surface area contributed by atoms with Gasteiger partial charge >= 0.3 is 0 Å². The van der Waals surface area contributed by atoms with E-state index in [0.29, 0.717) is 12.4 Å². The summed E-state index contributed by atoms with van der Waals surface area (Å²) in [5.41, 5.74) is 1.53. The SMILES string of the molecule is OCCNc1ccc(-c2ccccn2)nn1. The summed E-state index contributed by atoms with van der Waals surface area (Å²) in [7, 11) is 0. The highest BCUT2D eigenvalue weighted by Crippen LogP contribution is 2.13. The van der Waals surface area contributed by atoms with Gasteiger partial charge in [0.25, 0.3) is 0 Å². The van der Waals surface area contributed by atoms with Gasteiger partial charge in [-0.15, -0.1) is 10.2 Å². The van der Waals surface area contributed by atoms with Crippen LogP contribution in [0.15, 0.2) is 36.5 Å². The zero-order chi connectivity index (χ0) is 11.2. The lowest BCUT2D eigenvalue weighted by Crippen LogP contribution is -2.07. The Morgan fingerprint density at radius 3 is 2.62 bits per heavy atom. The summed E-state index contributed by atoms with van der Waals surface area (Å²) in [4.78, 5) is 4.18. The van der Waals surface area contributed by atoms with Gasteiger partial charge in [0.05, 0.1) is 12.3 Å². The molecule has 2 rings (SSSR count). The van der Waals surface area contributed by atoms with Crippen LogP contribution in [0, 0.1) is 0 Å². The maximum absolute atomic E-state index is 8.64. The van der Waals surface area contributed by atoms with Crippen LogP contribution in [0.25, 0.3) is 11.4 Å². The summed E-state index contributed by atoms with van der Waals surface area (Å²) in [6.45, 7) is 0.543. The Morgan fingerprint density at radius 2 is 2.00 bits per heavy atom. The Labute approximate surface area is 93.2 Å². The van der Waals surface area contributed by atoms with Gasteiger partial charge in [-0.05, 0) is 24.3 Å². The molecule has 2 N–H and O–H groups in total. The molecule has 0 spiro atoms. The molecule has 0 aliphatic carbocycles. The van der Waals surface area contributed by atoms with Gasteiger partial charge in [0.15, 0.2) is 0 Å². The molecular weight excluding hydrogens is 204 g/mol. The first-order valence-electron chi connectivity index (χ1n) is 5.00. The third kappa shape index (κ3) is 2.52. The third-order valence-corrected chi connectivity index (χ3v) is 2.01. The van der Waals surface area contributed by atoms with E-state index in [1.165, 1.54) is 0 Å². The average Bonchev–Trinajstić information content (AvgIpc) is 2.38. The minimum Gasteiger partial charge on any atom is -0.395 e. The Bertz CT molecular complexity index is 429. The van der Waals surface area contributed by atoms with Gasteiger partial charge < -0.3 is 10.4 Å². The molecule has 0 radical (unpaired) electrons. The molecular formula is C11H12N4O. The Kier molecular flexibility index (Phi) is 3.40. The monoisotopic (exact) mass is 216 g/mol. The lowest BCUT2D eigenvalue weighted by Gasteiger charge is -2.03. The second kappa shape index (κ2) is 5.18. The van der Waals surface area contributed by atoms with Crippen LogP contribution in [-0.4, -0.2) is 33.4 Å². The van der Waals surface area contributed by atoms with Crippen LogP contribution in [0.2, 0.25) is 0 Å². The largest absolute Gasteiger partial charge is 0.395 e.